The first kappa shape index (κ1) is 15.5. The molecule has 0 bridgehead atoms. The number of hydrogen-bond acceptors (Lipinski definition) is 5. The SMILES string of the molecule is COCC(O)CSc1ccc(C(OC)OC)cc1. The average Bonchev–Trinajstić information content (AvgIpc) is 2.39. The first-order chi connectivity index (χ1) is 8.71. The zero-order chi connectivity index (χ0) is 13.4. The normalized spacial score (nSPS) is 12.9. The van der Waals surface area contributed by atoms with Crippen LogP contribution in [0.25, 0.3) is 0 Å². The highest BCUT2D eigenvalue weighted by Crippen LogP contribution is 2.23. The Morgan fingerprint density at radius 1 is 1.11 bits per heavy atom. The Bertz CT molecular complexity index is 324. The fourth-order valence-corrected chi connectivity index (χ4v) is 2.33. The minimum absolute atomic E-state index is 0.330. The molecule has 4 nitrogen and oxygen atoms in total. The molecular weight excluding hydrogens is 252 g/mol. The highest BCUT2D eigenvalue weighted by molar-refractivity contribution is 7.99. The molecule has 0 aliphatic rings. The van der Waals surface area contributed by atoms with Gasteiger partial charge in [-0.05, 0) is 12.1 Å². The van der Waals surface area contributed by atoms with Crippen LogP contribution < -0.4 is 0 Å². The Morgan fingerprint density at radius 3 is 2.22 bits per heavy atom. The summed E-state index contributed by atoms with van der Waals surface area (Å²) in [7, 11) is 4.80. The van der Waals surface area contributed by atoms with E-state index in [1.165, 1.54) is 0 Å². The standard InChI is InChI=1S/C13H20O4S/c1-15-8-11(14)9-18-12-6-4-10(5-7-12)13(16-2)17-3/h4-7,11,13-14H,8-9H2,1-3H3. The van der Waals surface area contributed by atoms with Crippen LogP contribution in [0.5, 0.6) is 0 Å². The van der Waals surface area contributed by atoms with Gasteiger partial charge in [-0.25, -0.2) is 0 Å². The van der Waals surface area contributed by atoms with Gasteiger partial charge in [0, 0.05) is 37.5 Å². The fraction of sp³-hybridized carbons (Fsp3) is 0.538. The van der Waals surface area contributed by atoms with Crippen LogP contribution >= 0.6 is 11.8 Å². The molecule has 1 atom stereocenters. The lowest BCUT2D eigenvalue weighted by Gasteiger charge is -2.14. The minimum Gasteiger partial charge on any atom is -0.390 e. The lowest BCUT2D eigenvalue weighted by atomic mass is 10.2. The number of thioether (sulfide) groups is 1. The molecule has 1 aromatic carbocycles. The second-order valence-electron chi connectivity index (χ2n) is 3.79. The number of aliphatic hydroxyl groups excluding tert-OH is 1. The van der Waals surface area contributed by atoms with Crippen molar-refractivity contribution >= 4 is 11.8 Å². The summed E-state index contributed by atoms with van der Waals surface area (Å²) in [5.41, 5.74) is 0.974. The van der Waals surface area contributed by atoms with Gasteiger partial charge in [0.05, 0.1) is 12.7 Å². The summed E-state index contributed by atoms with van der Waals surface area (Å²) in [6.45, 7) is 0.362. The van der Waals surface area contributed by atoms with Crippen LogP contribution in [-0.2, 0) is 14.2 Å². The molecule has 1 unspecified atom stereocenters. The molecule has 0 aromatic heterocycles. The van der Waals surface area contributed by atoms with Crippen molar-refractivity contribution in [3.8, 4) is 0 Å². The lowest BCUT2D eigenvalue weighted by molar-refractivity contribution is -0.106. The molecule has 102 valence electrons. The molecule has 18 heavy (non-hydrogen) atoms. The van der Waals surface area contributed by atoms with Crippen LogP contribution in [0.4, 0.5) is 0 Å². The van der Waals surface area contributed by atoms with E-state index in [1.807, 2.05) is 24.3 Å². The van der Waals surface area contributed by atoms with E-state index < -0.39 is 6.10 Å². The number of rotatable bonds is 8. The maximum atomic E-state index is 9.54. The van der Waals surface area contributed by atoms with Gasteiger partial charge in [0.1, 0.15) is 0 Å². The zero-order valence-electron chi connectivity index (χ0n) is 11.0. The number of aliphatic hydroxyl groups is 1. The van der Waals surface area contributed by atoms with Crippen molar-refractivity contribution in [3.63, 3.8) is 0 Å². The van der Waals surface area contributed by atoms with Crippen LogP contribution in [0.1, 0.15) is 11.9 Å². The highest BCUT2D eigenvalue weighted by Gasteiger charge is 2.09. The highest BCUT2D eigenvalue weighted by atomic mass is 32.2. The van der Waals surface area contributed by atoms with Crippen molar-refractivity contribution in [2.24, 2.45) is 0 Å². The van der Waals surface area contributed by atoms with Crippen LogP contribution in [0.15, 0.2) is 29.2 Å². The van der Waals surface area contributed by atoms with Crippen molar-refractivity contribution < 1.29 is 19.3 Å². The quantitative estimate of drug-likeness (QED) is 0.580. The van der Waals surface area contributed by atoms with E-state index in [9.17, 15) is 5.11 Å². The van der Waals surface area contributed by atoms with Crippen molar-refractivity contribution in [1.29, 1.82) is 0 Å². The lowest BCUT2D eigenvalue weighted by Crippen LogP contribution is -2.16. The third kappa shape index (κ3) is 4.96. The molecule has 0 saturated heterocycles. The summed E-state index contributed by atoms with van der Waals surface area (Å²) in [5.74, 6) is 0.616. The molecule has 0 spiro atoms. The van der Waals surface area contributed by atoms with E-state index in [1.54, 1.807) is 33.1 Å². The number of methoxy groups -OCH3 is 3. The number of benzene rings is 1. The Morgan fingerprint density at radius 2 is 1.72 bits per heavy atom. The third-order valence-electron chi connectivity index (χ3n) is 2.38. The second-order valence-corrected chi connectivity index (χ2v) is 4.89. The minimum atomic E-state index is -0.439. The monoisotopic (exact) mass is 272 g/mol. The summed E-state index contributed by atoms with van der Waals surface area (Å²) < 4.78 is 15.2. The summed E-state index contributed by atoms with van der Waals surface area (Å²) in [4.78, 5) is 1.10. The van der Waals surface area contributed by atoms with Crippen LogP contribution in [0.3, 0.4) is 0 Å². The molecule has 0 aliphatic heterocycles. The fourth-order valence-electron chi connectivity index (χ4n) is 1.52. The Balaban J connectivity index is 2.49. The maximum Gasteiger partial charge on any atom is 0.183 e. The first-order valence-corrected chi connectivity index (χ1v) is 6.65. The van der Waals surface area contributed by atoms with Crippen LogP contribution in [0, 0.1) is 0 Å². The summed E-state index contributed by atoms with van der Waals surface area (Å²) >= 11 is 1.59. The topological polar surface area (TPSA) is 47.9 Å². The summed E-state index contributed by atoms with van der Waals surface area (Å²) in [6, 6.07) is 7.90. The third-order valence-corrected chi connectivity index (χ3v) is 3.54. The molecule has 0 amide bonds. The molecule has 0 saturated carbocycles. The molecule has 0 fully saturated rings. The first-order valence-electron chi connectivity index (χ1n) is 5.66. The van der Waals surface area contributed by atoms with Crippen molar-refractivity contribution in [2.45, 2.75) is 17.3 Å². The van der Waals surface area contributed by atoms with Crippen molar-refractivity contribution in [1.82, 2.24) is 0 Å². The molecule has 5 heteroatoms. The van der Waals surface area contributed by atoms with Gasteiger partial charge in [0.15, 0.2) is 6.29 Å². The van der Waals surface area contributed by atoms with E-state index in [4.69, 9.17) is 14.2 Å². The van der Waals surface area contributed by atoms with E-state index in [-0.39, 0.29) is 6.29 Å². The van der Waals surface area contributed by atoms with E-state index in [0.717, 1.165) is 10.5 Å². The van der Waals surface area contributed by atoms with Gasteiger partial charge in [-0.2, -0.15) is 0 Å². The molecule has 1 aromatic rings. The number of hydrogen-bond donors (Lipinski definition) is 1. The second kappa shape index (κ2) is 8.50. The molecule has 1 rings (SSSR count). The largest absolute Gasteiger partial charge is 0.390 e. The van der Waals surface area contributed by atoms with Crippen molar-refractivity contribution in [3.05, 3.63) is 29.8 Å². The average molecular weight is 272 g/mol. The predicted molar refractivity (Wildman–Crippen MR) is 71.8 cm³/mol. The summed E-state index contributed by atoms with van der Waals surface area (Å²) in [6.07, 6.45) is -0.770. The van der Waals surface area contributed by atoms with Gasteiger partial charge < -0.3 is 19.3 Å². The smallest absolute Gasteiger partial charge is 0.183 e. The van der Waals surface area contributed by atoms with Crippen LogP contribution in [0.2, 0.25) is 0 Å². The van der Waals surface area contributed by atoms with Crippen molar-refractivity contribution in [2.75, 3.05) is 33.7 Å². The van der Waals surface area contributed by atoms with Crippen LogP contribution in [-0.4, -0.2) is 44.9 Å². The Labute approximate surface area is 112 Å². The van der Waals surface area contributed by atoms with E-state index in [0.29, 0.717) is 12.4 Å². The Kier molecular flexibility index (Phi) is 7.31. The molecule has 0 aliphatic carbocycles. The van der Waals surface area contributed by atoms with Gasteiger partial charge in [0.25, 0.3) is 0 Å². The summed E-state index contributed by atoms with van der Waals surface area (Å²) in [5, 5.41) is 9.54. The van der Waals surface area contributed by atoms with E-state index >= 15 is 0 Å². The predicted octanol–water partition coefficient (Wildman–Crippen LogP) is 2.08. The maximum absolute atomic E-state index is 9.54. The van der Waals surface area contributed by atoms with Gasteiger partial charge in [-0.15, -0.1) is 11.8 Å². The Hall–Kier alpha value is -0.590. The molecule has 1 N–H and O–H groups in total. The van der Waals surface area contributed by atoms with Gasteiger partial charge in [0.2, 0.25) is 0 Å². The number of ether oxygens (including phenoxy) is 3. The zero-order valence-corrected chi connectivity index (χ0v) is 11.8. The molecule has 0 radical (unpaired) electrons. The van der Waals surface area contributed by atoms with Gasteiger partial charge in [-0.1, -0.05) is 12.1 Å². The van der Waals surface area contributed by atoms with E-state index in [2.05, 4.69) is 0 Å². The van der Waals surface area contributed by atoms with Gasteiger partial charge in [-0.3, -0.25) is 0 Å². The van der Waals surface area contributed by atoms with Gasteiger partial charge >= 0.3 is 0 Å². The molecular formula is C13H20O4S. The molecule has 0 heterocycles.